The van der Waals surface area contributed by atoms with Gasteiger partial charge in [-0.15, -0.1) is 0 Å². The number of rotatable bonds is 8. The first kappa shape index (κ1) is 26.2. The van der Waals surface area contributed by atoms with E-state index >= 15 is 0 Å². The molecule has 3 aromatic rings. The van der Waals surface area contributed by atoms with Gasteiger partial charge in [0, 0.05) is 32.2 Å². The van der Waals surface area contributed by atoms with E-state index in [1.165, 1.54) is 55.5 Å². The summed E-state index contributed by atoms with van der Waals surface area (Å²) in [7, 11) is -1.43. The zero-order chi connectivity index (χ0) is 26.6. The molecule has 1 saturated heterocycles. The standard InChI is InChI=1S/C26H27F2N3O5S/c1-35-24-12-11-21(17-25(24)36-2)37(33,34)31(20-9-7-19(27)8-10-20)18-26(32)30-15-13-29(14-16-30)23-6-4-3-5-22(23)28/h3-12,17H,13-16,18H2,1-2H3. The summed E-state index contributed by atoms with van der Waals surface area (Å²) in [6.07, 6.45) is 0. The Balaban J connectivity index is 1.58. The van der Waals surface area contributed by atoms with Crippen molar-refractivity contribution in [1.82, 2.24) is 4.90 Å². The lowest BCUT2D eigenvalue weighted by atomic mass is 10.2. The summed E-state index contributed by atoms with van der Waals surface area (Å²) in [5.41, 5.74) is 0.591. The smallest absolute Gasteiger partial charge is 0.264 e. The summed E-state index contributed by atoms with van der Waals surface area (Å²) in [4.78, 5) is 16.5. The molecule has 1 heterocycles. The van der Waals surface area contributed by atoms with E-state index < -0.39 is 28.3 Å². The van der Waals surface area contributed by atoms with E-state index in [0.717, 1.165) is 16.4 Å². The molecule has 37 heavy (non-hydrogen) atoms. The van der Waals surface area contributed by atoms with Gasteiger partial charge in [-0.3, -0.25) is 9.10 Å². The zero-order valence-electron chi connectivity index (χ0n) is 20.4. The molecule has 1 fully saturated rings. The van der Waals surface area contributed by atoms with Crippen LogP contribution in [0.5, 0.6) is 11.5 Å². The van der Waals surface area contributed by atoms with Crippen LogP contribution in [0.3, 0.4) is 0 Å². The number of anilines is 2. The van der Waals surface area contributed by atoms with Crippen molar-refractivity contribution in [3.8, 4) is 11.5 Å². The molecule has 11 heteroatoms. The van der Waals surface area contributed by atoms with Gasteiger partial charge in [-0.25, -0.2) is 17.2 Å². The molecule has 0 atom stereocenters. The largest absolute Gasteiger partial charge is 0.493 e. The third-order valence-electron chi connectivity index (χ3n) is 6.16. The molecule has 4 rings (SSSR count). The number of nitrogens with zero attached hydrogens (tertiary/aromatic N) is 3. The van der Waals surface area contributed by atoms with Crippen molar-refractivity contribution in [3.05, 3.63) is 78.4 Å². The fraction of sp³-hybridized carbons (Fsp3) is 0.269. The molecule has 3 aromatic carbocycles. The van der Waals surface area contributed by atoms with Crippen molar-refractivity contribution in [2.24, 2.45) is 0 Å². The van der Waals surface area contributed by atoms with Crippen molar-refractivity contribution < 1.29 is 31.5 Å². The molecule has 0 aliphatic carbocycles. The number of para-hydroxylation sites is 1. The number of carbonyl (C=O) groups excluding carboxylic acids is 1. The van der Waals surface area contributed by atoms with E-state index in [2.05, 4.69) is 0 Å². The summed E-state index contributed by atoms with van der Waals surface area (Å²) in [6, 6.07) is 15.4. The van der Waals surface area contributed by atoms with E-state index in [4.69, 9.17) is 9.47 Å². The average Bonchev–Trinajstić information content (AvgIpc) is 2.92. The topological polar surface area (TPSA) is 79.4 Å². The molecular weight excluding hydrogens is 504 g/mol. The monoisotopic (exact) mass is 531 g/mol. The number of hydrogen-bond donors (Lipinski definition) is 0. The molecule has 0 N–H and O–H groups in total. The predicted molar refractivity (Wildman–Crippen MR) is 136 cm³/mol. The molecule has 196 valence electrons. The Morgan fingerprint density at radius 2 is 1.54 bits per heavy atom. The Morgan fingerprint density at radius 3 is 2.16 bits per heavy atom. The second-order valence-corrected chi connectivity index (χ2v) is 10.2. The summed E-state index contributed by atoms with van der Waals surface area (Å²) < 4.78 is 66.5. The fourth-order valence-electron chi connectivity index (χ4n) is 4.15. The van der Waals surface area contributed by atoms with Crippen LogP contribution in [0.15, 0.2) is 71.6 Å². The maximum atomic E-state index is 14.2. The first-order valence-corrected chi connectivity index (χ1v) is 13.0. The second kappa shape index (κ2) is 11.0. The minimum Gasteiger partial charge on any atom is -0.493 e. The van der Waals surface area contributed by atoms with Gasteiger partial charge in [-0.05, 0) is 48.5 Å². The van der Waals surface area contributed by atoms with Crippen LogP contribution in [-0.4, -0.2) is 66.2 Å². The number of halogens is 2. The first-order chi connectivity index (χ1) is 17.7. The third kappa shape index (κ3) is 5.61. The van der Waals surface area contributed by atoms with Crippen molar-refractivity contribution in [3.63, 3.8) is 0 Å². The Labute approximate surface area is 214 Å². The normalized spacial score (nSPS) is 13.8. The van der Waals surface area contributed by atoms with Crippen LogP contribution in [0.25, 0.3) is 0 Å². The quantitative estimate of drug-likeness (QED) is 0.443. The number of benzene rings is 3. The number of carbonyl (C=O) groups is 1. The van der Waals surface area contributed by atoms with Gasteiger partial charge < -0.3 is 19.3 Å². The maximum Gasteiger partial charge on any atom is 0.264 e. The lowest BCUT2D eigenvalue weighted by Gasteiger charge is -2.37. The van der Waals surface area contributed by atoms with Crippen LogP contribution in [0.2, 0.25) is 0 Å². The minimum atomic E-state index is -4.25. The van der Waals surface area contributed by atoms with E-state index in [0.29, 0.717) is 37.6 Å². The van der Waals surface area contributed by atoms with Crippen LogP contribution < -0.4 is 18.7 Å². The Bertz CT molecular complexity index is 1360. The second-order valence-electron chi connectivity index (χ2n) is 8.32. The van der Waals surface area contributed by atoms with E-state index in [-0.39, 0.29) is 22.1 Å². The number of amides is 1. The average molecular weight is 532 g/mol. The van der Waals surface area contributed by atoms with Gasteiger partial charge in [0.25, 0.3) is 10.0 Å². The third-order valence-corrected chi connectivity index (χ3v) is 7.93. The Morgan fingerprint density at radius 1 is 0.892 bits per heavy atom. The molecule has 0 radical (unpaired) electrons. The molecule has 0 aromatic heterocycles. The Kier molecular flexibility index (Phi) is 7.82. The van der Waals surface area contributed by atoms with Crippen LogP contribution >= 0.6 is 0 Å². The number of hydrogen-bond acceptors (Lipinski definition) is 6. The molecule has 8 nitrogen and oxygen atoms in total. The van der Waals surface area contributed by atoms with Crippen molar-refractivity contribution in [2.45, 2.75) is 4.90 Å². The minimum absolute atomic E-state index is 0.119. The summed E-state index contributed by atoms with van der Waals surface area (Å²) in [5.74, 6) is -0.757. The summed E-state index contributed by atoms with van der Waals surface area (Å²) in [6.45, 7) is 0.876. The maximum absolute atomic E-state index is 14.2. The van der Waals surface area contributed by atoms with Crippen molar-refractivity contribution in [2.75, 3.05) is 56.1 Å². The summed E-state index contributed by atoms with van der Waals surface area (Å²) in [5, 5.41) is 0. The van der Waals surface area contributed by atoms with Crippen LogP contribution in [0.4, 0.5) is 20.2 Å². The summed E-state index contributed by atoms with van der Waals surface area (Å²) >= 11 is 0. The van der Waals surface area contributed by atoms with Gasteiger partial charge in [0.15, 0.2) is 11.5 Å². The van der Waals surface area contributed by atoms with E-state index in [1.54, 1.807) is 18.2 Å². The molecule has 1 amide bonds. The first-order valence-electron chi connectivity index (χ1n) is 11.5. The van der Waals surface area contributed by atoms with Gasteiger partial charge in [0.2, 0.25) is 5.91 Å². The van der Waals surface area contributed by atoms with Gasteiger partial charge in [-0.2, -0.15) is 0 Å². The van der Waals surface area contributed by atoms with E-state index in [1.807, 2.05) is 4.90 Å². The molecular formula is C26H27F2N3O5S. The SMILES string of the molecule is COc1ccc(S(=O)(=O)N(CC(=O)N2CCN(c3ccccc3F)CC2)c2ccc(F)cc2)cc1OC. The fourth-order valence-corrected chi connectivity index (χ4v) is 5.58. The molecule has 0 bridgehead atoms. The van der Waals surface area contributed by atoms with Gasteiger partial charge in [0.1, 0.15) is 18.2 Å². The van der Waals surface area contributed by atoms with E-state index in [9.17, 15) is 22.0 Å². The van der Waals surface area contributed by atoms with Gasteiger partial charge in [-0.1, -0.05) is 12.1 Å². The van der Waals surface area contributed by atoms with Crippen LogP contribution in [-0.2, 0) is 14.8 Å². The number of piperazine rings is 1. The van der Waals surface area contributed by atoms with Crippen LogP contribution in [0.1, 0.15) is 0 Å². The zero-order valence-corrected chi connectivity index (χ0v) is 21.2. The molecule has 0 spiro atoms. The van der Waals surface area contributed by atoms with Gasteiger partial charge >= 0.3 is 0 Å². The van der Waals surface area contributed by atoms with Crippen molar-refractivity contribution in [1.29, 1.82) is 0 Å². The number of methoxy groups -OCH3 is 2. The highest BCUT2D eigenvalue weighted by Gasteiger charge is 2.31. The number of sulfonamides is 1. The highest BCUT2D eigenvalue weighted by Crippen LogP contribution is 2.32. The highest BCUT2D eigenvalue weighted by atomic mass is 32.2. The molecule has 0 unspecified atom stereocenters. The molecule has 0 saturated carbocycles. The molecule has 1 aliphatic heterocycles. The predicted octanol–water partition coefficient (Wildman–Crippen LogP) is 3.53. The lowest BCUT2D eigenvalue weighted by Crippen LogP contribution is -2.52. The number of ether oxygens (including phenoxy) is 2. The van der Waals surface area contributed by atoms with Gasteiger partial charge in [0.05, 0.1) is 30.5 Å². The highest BCUT2D eigenvalue weighted by molar-refractivity contribution is 7.92. The van der Waals surface area contributed by atoms with Crippen molar-refractivity contribution >= 4 is 27.3 Å². The van der Waals surface area contributed by atoms with Crippen LogP contribution in [0, 0.1) is 11.6 Å². The molecule has 1 aliphatic rings. The Hall–Kier alpha value is -3.86. The lowest BCUT2D eigenvalue weighted by molar-refractivity contribution is -0.129.